The molecule has 0 saturated heterocycles. The first-order valence-electron chi connectivity index (χ1n) is 4.72. The molecule has 0 bridgehead atoms. The van der Waals surface area contributed by atoms with Crippen LogP contribution in [0.3, 0.4) is 0 Å². The van der Waals surface area contributed by atoms with Gasteiger partial charge in [-0.1, -0.05) is 27.7 Å². The van der Waals surface area contributed by atoms with Crippen molar-refractivity contribution in [2.24, 2.45) is 23.7 Å². The normalized spacial score (nSPS) is 45.3. The van der Waals surface area contributed by atoms with Crippen LogP contribution in [0.4, 0.5) is 0 Å². The summed E-state index contributed by atoms with van der Waals surface area (Å²) >= 11 is 0. The Kier molecular flexibility index (Phi) is 2.58. The molecule has 1 saturated carbocycles. The van der Waals surface area contributed by atoms with Crippen molar-refractivity contribution in [3.8, 4) is 0 Å². The second-order valence-electron chi connectivity index (χ2n) is 4.46. The van der Waals surface area contributed by atoms with Gasteiger partial charge in [-0.2, -0.15) is 0 Å². The van der Waals surface area contributed by atoms with Gasteiger partial charge in [0.15, 0.2) is 0 Å². The summed E-state index contributed by atoms with van der Waals surface area (Å²) in [6.45, 7) is 8.94. The van der Waals surface area contributed by atoms with Crippen LogP contribution in [-0.2, 0) is 0 Å². The third-order valence-electron chi connectivity index (χ3n) is 3.33. The summed E-state index contributed by atoms with van der Waals surface area (Å²) in [7, 11) is 0. The molecule has 0 spiro atoms. The first kappa shape index (κ1) is 9.05. The van der Waals surface area contributed by atoms with Crippen LogP contribution in [0.25, 0.3) is 0 Å². The quantitative estimate of drug-likeness (QED) is 0.617. The summed E-state index contributed by atoms with van der Waals surface area (Å²) < 4.78 is 0. The van der Waals surface area contributed by atoms with Crippen molar-refractivity contribution in [1.82, 2.24) is 0 Å². The lowest BCUT2D eigenvalue weighted by atomic mass is 9.84. The van der Waals surface area contributed by atoms with Crippen LogP contribution in [0, 0.1) is 23.7 Å². The number of hydrogen-bond donors (Lipinski definition) is 1. The number of aliphatic hydroxyl groups excluding tert-OH is 1. The van der Waals surface area contributed by atoms with E-state index in [4.69, 9.17) is 0 Å². The molecule has 66 valence electrons. The van der Waals surface area contributed by atoms with Crippen LogP contribution in [0.15, 0.2) is 0 Å². The Morgan fingerprint density at radius 2 is 1.82 bits per heavy atom. The van der Waals surface area contributed by atoms with E-state index in [0.29, 0.717) is 23.7 Å². The van der Waals surface area contributed by atoms with Crippen LogP contribution in [0.1, 0.15) is 34.1 Å². The standard InChI is InChI=1S/C10H20O/c1-6(2)10-8(4)7(3)5-9(10)11/h6-11H,5H2,1-4H3/t7-,8-,9+,10?/m0/s1. The Balaban J connectivity index is 2.63. The fraction of sp³-hybridized carbons (Fsp3) is 1.00. The lowest BCUT2D eigenvalue weighted by Gasteiger charge is -2.23. The van der Waals surface area contributed by atoms with Gasteiger partial charge in [-0.25, -0.2) is 0 Å². The molecule has 11 heavy (non-hydrogen) atoms. The second kappa shape index (κ2) is 3.14. The predicted octanol–water partition coefficient (Wildman–Crippen LogP) is 2.30. The molecule has 1 aliphatic rings. The molecule has 1 aliphatic carbocycles. The first-order chi connectivity index (χ1) is 5.04. The largest absolute Gasteiger partial charge is 0.393 e. The summed E-state index contributed by atoms with van der Waals surface area (Å²) in [5, 5.41) is 9.70. The van der Waals surface area contributed by atoms with Crippen molar-refractivity contribution in [2.75, 3.05) is 0 Å². The number of aliphatic hydroxyl groups is 1. The molecule has 1 N–H and O–H groups in total. The molecule has 1 heteroatoms. The maximum atomic E-state index is 9.70. The van der Waals surface area contributed by atoms with Crippen molar-refractivity contribution < 1.29 is 5.11 Å². The minimum absolute atomic E-state index is 0.0417. The van der Waals surface area contributed by atoms with Gasteiger partial charge < -0.3 is 5.11 Å². The van der Waals surface area contributed by atoms with Crippen LogP contribution < -0.4 is 0 Å². The monoisotopic (exact) mass is 156 g/mol. The molecule has 0 heterocycles. The number of rotatable bonds is 1. The molecule has 0 radical (unpaired) electrons. The van der Waals surface area contributed by atoms with Crippen LogP contribution in [-0.4, -0.2) is 11.2 Å². The lowest BCUT2D eigenvalue weighted by Crippen LogP contribution is -2.23. The molecule has 4 atom stereocenters. The highest BCUT2D eigenvalue weighted by Crippen LogP contribution is 2.40. The minimum atomic E-state index is -0.0417. The maximum Gasteiger partial charge on any atom is 0.0576 e. The summed E-state index contributed by atoms with van der Waals surface area (Å²) in [5.41, 5.74) is 0. The molecule has 1 nitrogen and oxygen atoms in total. The average Bonchev–Trinajstić information content (AvgIpc) is 2.07. The molecular formula is C10H20O. The van der Waals surface area contributed by atoms with E-state index in [1.165, 1.54) is 0 Å². The highest BCUT2D eigenvalue weighted by Gasteiger charge is 2.38. The zero-order valence-corrected chi connectivity index (χ0v) is 8.04. The topological polar surface area (TPSA) is 20.2 Å². The van der Waals surface area contributed by atoms with Crippen LogP contribution in [0.2, 0.25) is 0 Å². The van der Waals surface area contributed by atoms with Crippen molar-refractivity contribution in [2.45, 2.75) is 40.2 Å². The lowest BCUT2D eigenvalue weighted by molar-refractivity contribution is 0.0919. The smallest absolute Gasteiger partial charge is 0.0576 e. The fourth-order valence-electron chi connectivity index (χ4n) is 2.53. The van der Waals surface area contributed by atoms with E-state index in [0.717, 1.165) is 6.42 Å². The van der Waals surface area contributed by atoms with Gasteiger partial charge in [0.2, 0.25) is 0 Å². The third-order valence-corrected chi connectivity index (χ3v) is 3.33. The van der Waals surface area contributed by atoms with Crippen molar-refractivity contribution in [3.63, 3.8) is 0 Å². The zero-order chi connectivity index (χ0) is 8.59. The van der Waals surface area contributed by atoms with Crippen molar-refractivity contribution in [1.29, 1.82) is 0 Å². The summed E-state index contributed by atoms with van der Waals surface area (Å²) in [4.78, 5) is 0. The van der Waals surface area contributed by atoms with E-state index in [9.17, 15) is 5.11 Å². The van der Waals surface area contributed by atoms with Gasteiger partial charge in [0.25, 0.3) is 0 Å². The Labute approximate surface area is 69.8 Å². The van der Waals surface area contributed by atoms with Crippen LogP contribution >= 0.6 is 0 Å². The Morgan fingerprint density at radius 3 is 2.00 bits per heavy atom. The molecule has 0 amide bonds. The molecule has 1 unspecified atom stereocenters. The minimum Gasteiger partial charge on any atom is -0.393 e. The summed E-state index contributed by atoms with van der Waals surface area (Å²) in [5.74, 6) is 2.57. The van der Waals surface area contributed by atoms with Gasteiger partial charge in [0.05, 0.1) is 6.10 Å². The number of hydrogen-bond acceptors (Lipinski definition) is 1. The first-order valence-corrected chi connectivity index (χ1v) is 4.72. The van der Waals surface area contributed by atoms with Gasteiger partial charge >= 0.3 is 0 Å². The van der Waals surface area contributed by atoms with Crippen molar-refractivity contribution >= 4 is 0 Å². The molecule has 1 rings (SSSR count). The summed E-state index contributed by atoms with van der Waals surface area (Å²) in [6.07, 6.45) is 0.962. The Hall–Kier alpha value is -0.0400. The van der Waals surface area contributed by atoms with Gasteiger partial charge in [-0.05, 0) is 30.1 Å². The van der Waals surface area contributed by atoms with Crippen molar-refractivity contribution in [3.05, 3.63) is 0 Å². The van der Waals surface area contributed by atoms with E-state index in [1.54, 1.807) is 0 Å². The van der Waals surface area contributed by atoms with Gasteiger partial charge in [-0.3, -0.25) is 0 Å². The molecule has 1 fully saturated rings. The van der Waals surface area contributed by atoms with E-state index in [2.05, 4.69) is 27.7 Å². The SMILES string of the molecule is CC(C)C1[C@H](O)C[C@H](C)[C@@H]1C. The molecule has 0 aromatic carbocycles. The Morgan fingerprint density at radius 1 is 1.27 bits per heavy atom. The third kappa shape index (κ3) is 1.58. The van der Waals surface area contributed by atoms with Crippen LogP contribution in [0.5, 0.6) is 0 Å². The van der Waals surface area contributed by atoms with E-state index >= 15 is 0 Å². The summed E-state index contributed by atoms with van der Waals surface area (Å²) in [6, 6.07) is 0. The molecular weight excluding hydrogens is 136 g/mol. The maximum absolute atomic E-state index is 9.70. The zero-order valence-electron chi connectivity index (χ0n) is 8.04. The van der Waals surface area contributed by atoms with E-state index in [1.807, 2.05) is 0 Å². The predicted molar refractivity (Wildman–Crippen MR) is 47.3 cm³/mol. The van der Waals surface area contributed by atoms with E-state index in [-0.39, 0.29) is 6.10 Å². The second-order valence-corrected chi connectivity index (χ2v) is 4.46. The van der Waals surface area contributed by atoms with Gasteiger partial charge in [0.1, 0.15) is 0 Å². The van der Waals surface area contributed by atoms with Gasteiger partial charge in [0, 0.05) is 0 Å². The highest BCUT2D eigenvalue weighted by atomic mass is 16.3. The fourth-order valence-corrected chi connectivity index (χ4v) is 2.53. The highest BCUT2D eigenvalue weighted by molar-refractivity contribution is 4.88. The Bertz CT molecular complexity index is 131. The van der Waals surface area contributed by atoms with Gasteiger partial charge in [-0.15, -0.1) is 0 Å². The molecule has 0 aliphatic heterocycles. The molecule has 0 aromatic rings. The average molecular weight is 156 g/mol. The molecule has 0 aromatic heterocycles. The van der Waals surface area contributed by atoms with E-state index < -0.39 is 0 Å².